The quantitative estimate of drug-likeness (QED) is 0.369. The van der Waals surface area contributed by atoms with Gasteiger partial charge < -0.3 is 0 Å². The molecule has 10 heavy (non-hydrogen) atoms. The van der Waals surface area contributed by atoms with Crippen LogP contribution in [0.3, 0.4) is 0 Å². The molecule has 0 atom stereocenters. The van der Waals surface area contributed by atoms with Crippen LogP contribution in [0, 0.1) is 0 Å². The minimum Gasteiger partial charge on any atom is -0.274 e. The van der Waals surface area contributed by atoms with E-state index in [1.165, 1.54) is 5.56 Å². The van der Waals surface area contributed by atoms with Gasteiger partial charge in [0, 0.05) is 5.88 Å². The third-order valence-corrected chi connectivity index (χ3v) is 1.31. The van der Waals surface area contributed by atoms with E-state index in [1.807, 2.05) is 30.3 Å². The molecule has 0 heterocycles. The van der Waals surface area contributed by atoms with Gasteiger partial charge in [-0.2, -0.15) is 0 Å². The van der Waals surface area contributed by atoms with Gasteiger partial charge in [0.1, 0.15) is 0 Å². The molecule has 0 fully saturated rings. The molecular formula is C7H12ClN2+. The van der Waals surface area contributed by atoms with Gasteiger partial charge in [-0.3, -0.25) is 11.7 Å². The molecule has 0 bridgehead atoms. The van der Waals surface area contributed by atoms with E-state index in [9.17, 15) is 0 Å². The van der Waals surface area contributed by atoms with Crippen molar-refractivity contribution in [3.05, 3.63) is 35.9 Å². The Morgan fingerprint density at radius 3 is 2.00 bits per heavy atom. The zero-order valence-corrected chi connectivity index (χ0v) is 6.38. The molecular weight excluding hydrogens is 148 g/mol. The molecule has 1 aromatic rings. The fourth-order valence-corrected chi connectivity index (χ4v) is 0.745. The van der Waals surface area contributed by atoms with Crippen molar-refractivity contribution in [1.29, 1.82) is 0 Å². The molecule has 0 amide bonds. The van der Waals surface area contributed by atoms with Gasteiger partial charge in [-0.1, -0.05) is 30.3 Å². The van der Waals surface area contributed by atoms with Crippen molar-refractivity contribution in [2.24, 2.45) is 11.7 Å². The van der Waals surface area contributed by atoms with E-state index in [1.54, 1.807) is 0 Å². The maximum atomic E-state index is 5.53. The summed E-state index contributed by atoms with van der Waals surface area (Å²) < 4.78 is 0. The van der Waals surface area contributed by atoms with Gasteiger partial charge in [-0.05, 0) is 5.56 Å². The van der Waals surface area contributed by atoms with E-state index in [-0.39, 0.29) is 1.43 Å². The fourth-order valence-electron chi connectivity index (χ4n) is 0.567. The molecule has 0 aliphatic heterocycles. The summed E-state index contributed by atoms with van der Waals surface area (Å²) in [7, 11) is 0. The second-order valence-electron chi connectivity index (χ2n) is 1.62. The number of alkyl halides is 1. The Kier molecular flexibility index (Phi) is 6.18. The summed E-state index contributed by atoms with van der Waals surface area (Å²) in [4.78, 5) is 0. The zero-order chi connectivity index (χ0) is 7.82. The van der Waals surface area contributed by atoms with Gasteiger partial charge in [0.2, 0.25) is 0 Å². The second kappa shape index (κ2) is 6.55. The highest BCUT2D eigenvalue weighted by molar-refractivity contribution is 6.17. The molecule has 0 radical (unpaired) electrons. The van der Waals surface area contributed by atoms with Crippen molar-refractivity contribution in [2.45, 2.75) is 5.88 Å². The van der Waals surface area contributed by atoms with Crippen molar-refractivity contribution in [3.8, 4) is 0 Å². The van der Waals surface area contributed by atoms with Crippen LogP contribution in [-0.4, -0.2) is 0 Å². The first-order valence-electron chi connectivity index (χ1n) is 2.86. The van der Waals surface area contributed by atoms with E-state index in [0.717, 1.165) is 0 Å². The summed E-state index contributed by atoms with van der Waals surface area (Å²) in [5, 5.41) is 0. The number of rotatable bonds is 1. The standard InChI is InChI=1S/C7H7Cl.H4N2/c8-6-7-4-2-1-3-5-7;1-2/h1-5H,6H2;1-2H2/p+1. The van der Waals surface area contributed by atoms with Crippen LogP contribution in [0.25, 0.3) is 0 Å². The molecule has 56 valence electrons. The Labute approximate surface area is 67.2 Å². The van der Waals surface area contributed by atoms with Gasteiger partial charge in [0.15, 0.2) is 0 Å². The van der Waals surface area contributed by atoms with Gasteiger partial charge >= 0.3 is 1.43 Å². The molecule has 0 aromatic heterocycles. The minimum absolute atomic E-state index is 0. The third-order valence-electron chi connectivity index (χ3n) is 0.997. The summed E-state index contributed by atoms with van der Waals surface area (Å²) in [6.45, 7) is 0. The molecule has 4 N–H and O–H groups in total. The number of hydrogen-bond donors (Lipinski definition) is 2. The number of nitrogens with two attached hydrogens (primary N) is 2. The number of hydrogen-bond acceptors (Lipinski definition) is 2. The molecule has 0 saturated heterocycles. The maximum absolute atomic E-state index is 5.53. The molecule has 0 aliphatic rings. The Bertz CT molecular complexity index is 158. The summed E-state index contributed by atoms with van der Waals surface area (Å²) in [6.07, 6.45) is 0. The van der Waals surface area contributed by atoms with E-state index in [4.69, 9.17) is 11.6 Å². The average molecular weight is 160 g/mol. The monoisotopic (exact) mass is 159 g/mol. The van der Waals surface area contributed by atoms with Crippen LogP contribution < -0.4 is 11.7 Å². The van der Waals surface area contributed by atoms with Gasteiger partial charge in [0.05, 0.1) is 0 Å². The molecule has 2 nitrogen and oxygen atoms in total. The summed E-state index contributed by atoms with van der Waals surface area (Å²) >= 11 is 5.53. The smallest absolute Gasteiger partial charge is 0.274 e. The van der Waals surface area contributed by atoms with E-state index < -0.39 is 0 Å². The summed E-state index contributed by atoms with van der Waals surface area (Å²) in [5.74, 6) is 8.61. The SMILES string of the molecule is ClCc1ccccc1.NN.[H+]. The highest BCUT2D eigenvalue weighted by Gasteiger charge is 1.81. The first-order valence-corrected chi connectivity index (χ1v) is 3.40. The average Bonchev–Trinajstić information content (AvgIpc) is 2.10. The van der Waals surface area contributed by atoms with Crippen molar-refractivity contribution in [1.82, 2.24) is 0 Å². The first-order chi connectivity index (χ1) is 4.93. The zero-order valence-electron chi connectivity index (χ0n) is 6.63. The molecule has 3 heteroatoms. The molecule has 1 rings (SSSR count). The van der Waals surface area contributed by atoms with Crippen molar-refractivity contribution in [3.63, 3.8) is 0 Å². The molecule has 0 unspecified atom stereocenters. The van der Waals surface area contributed by atoms with E-state index in [0.29, 0.717) is 5.88 Å². The highest BCUT2D eigenvalue weighted by atomic mass is 35.5. The maximum Gasteiger partial charge on any atom is 1.00 e. The van der Waals surface area contributed by atoms with Crippen LogP contribution in [0.1, 0.15) is 6.99 Å². The van der Waals surface area contributed by atoms with Gasteiger partial charge in [0.25, 0.3) is 0 Å². The van der Waals surface area contributed by atoms with Gasteiger partial charge in [-0.25, -0.2) is 0 Å². The normalized spacial score (nSPS) is 7.90. The summed E-state index contributed by atoms with van der Waals surface area (Å²) in [6, 6.07) is 9.96. The van der Waals surface area contributed by atoms with Crippen LogP contribution in [0.2, 0.25) is 0 Å². The topological polar surface area (TPSA) is 52.0 Å². The van der Waals surface area contributed by atoms with Crippen LogP contribution >= 0.6 is 11.6 Å². The van der Waals surface area contributed by atoms with Crippen molar-refractivity contribution < 1.29 is 1.43 Å². The first kappa shape index (κ1) is 9.43. The molecule has 1 aromatic carbocycles. The van der Waals surface area contributed by atoms with E-state index >= 15 is 0 Å². The lowest BCUT2D eigenvalue weighted by Crippen LogP contribution is -2.02. The van der Waals surface area contributed by atoms with Gasteiger partial charge in [-0.15, -0.1) is 11.6 Å². The van der Waals surface area contributed by atoms with Crippen molar-refractivity contribution in [2.75, 3.05) is 0 Å². The molecule has 0 saturated carbocycles. The van der Waals surface area contributed by atoms with Crippen LogP contribution in [0.5, 0.6) is 0 Å². The largest absolute Gasteiger partial charge is 1.00 e. The van der Waals surface area contributed by atoms with E-state index in [2.05, 4.69) is 11.7 Å². The highest BCUT2D eigenvalue weighted by Crippen LogP contribution is 2.00. The molecule has 0 aliphatic carbocycles. The molecule has 0 spiro atoms. The lowest BCUT2D eigenvalue weighted by Gasteiger charge is -1.88. The van der Waals surface area contributed by atoms with Crippen LogP contribution in [-0.2, 0) is 5.88 Å². The Morgan fingerprint density at radius 2 is 1.70 bits per heavy atom. The number of benzene rings is 1. The lowest BCUT2D eigenvalue weighted by molar-refractivity contribution is 1.26. The number of hydrazine groups is 1. The third kappa shape index (κ3) is 3.45. The van der Waals surface area contributed by atoms with Crippen LogP contribution in [0.4, 0.5) is 0 Å². The summed E-state index contributed by atoms with van der Waals surface area (Å²) in [5.41, 5.74) is 1.18. The van der Waals surface area contributed by atoms with Crippen LogP contribution in [0.15, 0.2) is 30.3 Å². The Morgan fingerprint density at radius 1 is 1.20 bits per heavy atom. The second-order valence-corrected chi connectivity index (χ2v) is 1.89. The predicted molar refractivity (Wildman–Crippen MR) is 45.5 cm³/mol. The Balaban J connectivity index is 0. The minimum atomic E-state index is 0. The number of halogens is 1. The predicted octanol–water partition coefficient (Wildman–Crippen LogP) is 1.36. The Hall–Kier alpha value is -0.570. The lowest BCUT2D eigenvalue weighted by atomic mass is 10.2. The van der Waals surface area contributed by atoms with Crippen molar-refractivity contribution >= 4 is 11.6 Å². The fraction of sp³-hybridized carbons (Fsp3) is 0.143.